The molecule has 94 valence electrons. The molecule has 2 aliphatic rings. The van der Waals surface area contributed by atoms with Gasteiger partial charge in [-0.1, -0.05) is 12.8 Å². The molecule has 0 aromatic carbocycles. The van der Waals surface area contributed by atoms with Gasteiger partial charge in [-0.05, 0) is 68.1 Å². The van der Waals surface area contributed by atoms with Crippen LogP contribution in [-0.4, -0.2) is 24.5 Å². The first-order valence-electron chi connectivity index (χ1n) is 7.22. The van der Waals surface area contributed by atoms with Crippen LogP contribution < -0.4 is 0 Å². The summed E-state index contributed by atoms with van der Waals surface area (Å²) in [6.45, 7) is 4.01. The molecule has 1 unspecified atom stereocenters. The molecular formula is C15H23NS. The topological polar surface area (TPSA) is 3.24 Å². The molecule has 1 aliphatic heterocycles. The molecule has 1 aromatic rings. The summed E-state index contributed by atoms with van der Waals surface area (Å²) < 4.78 is 0. The van der Waals surface area contributed by atoms with Crippen molar-refractivity contribution in [2.45, 2.75) is 50.9 Å². The number of hydrogen-bond acceptors (Lipinski definition) is 2. The van der Waals surface area contributed by atoms with E-state index < -0.39 is 0 Å². The van der Waals surface area contributed by atoms with Crippen molar-refractivity contribution in [1.82, 2.24) is 4.90 Å². The minimum atomic E-state index is 0.830. The maximum Gasteiger partial charge on any atom is 0.00805 e. The summed E-state index contributed by atoms with van der Waals surface area (Å²) in [6.07, 6.45) is 9.88. The fraction of sp³-hybridized carbons (Fsp3) is 0.733. The Labute approximate surface area is 109 Å². The van der Waals surface area contributed by atoms with Crippen molar-refractivity contribution in [2.75, 3.05) is 19.6 Å². The van der Waals surface area contributed by atoms with E-state index in [9.17, 15) is 0 Å². The highest BCUT2D eigenvalue weighted by atomic mass is 32.1. The van der Waals surface area contributed by atoms with Gasteiger partial charge >= 0.3 is 0 Å². The highest BCUT2D eigenvalue weighted by Crippen LogP contribution is 2.34. The van der Waals surface area contributed by atoms with Crippen LogP contribution >= 0.6 is 11.3 Å². The second-order valence-electron chi connectivity index (χ2n) is 5.60. The molecule has 2 heteroatoms. The molecule has 1 saturated heterocycles. The third-order valence-electron chi connectivity index (χ3n) is 4.35. The Morgan fingerprint density at radius 1 is 1.12 bits per heavy atom. The molecule has 1 aliphatic carbocycles. The summed E-state index contributed by atoms with van der Waals surface area (Å²) in [5.74, 6) is 0.830. The molecule has 17 heavy (non-hydrogen) atoms. The van der Waals surface area contributed by atoms with E-state index in [0.717, 1.165) is 5.92 Å². The Hall–Kier alpha value is -0.340. The van der Waals surface area contributed by atoms with Crippen LogP contribution in [-0.2, 0) is 6.42 Å². The van der Waals surface area contributed by atoms with Crippen LogP contribution in [0, 0.1) is 0 Å². The average molecular weight is 249 g/mol. The van der Waals surface area contributed by atoms with Crippen LogP contribution in [0.15, 0.2) is 11.4 Å². The lowest BCUT2D eigenvalue weighted by molar-refractivity contribution is 0.212. The lowest BCUT2D eigenvalue weighted by atomic mass is 9.95. The number of thiophene rings is 1. The molecular weight excluding hydrogens is 226 g/mol. The largest absolute Gasteiger partial charge is 0.303 e. The Balaban J connectivity index is 1.70. The van der Waals surface area contributed by atoms with E-state index >= 15 is 0 Å². The van der Waals surface area contributed by atoms with Gasteiger partial charge in [-0.3, -0.25) is 0 Å². The van der Waals surface area contributed by atoms with Crippen molar-refractivity contribution in [3.05, 3.63) is 21.9 Å². The van der Waals surface area contributed by atoms with Gasteiger partial charge in [0.2, 0.25) is 0 Å². The van der Waals surface area contributed by atoms with E-state index in [-0.39, 0.29) is 0 Å². The summed E-state index contributed by atoms with van der Waals surface area (Å²) in [6, 6.07) is 2.40. The van der Waals surface area contributed by atoms with E-state index in [0.29, 0.717) is 0 Å². The number of nitrogens with zero attached hydrogens (tertiary/aromatic N) is 1. The van der Waals surface area contributed by atoms with Gasteiger partial charge in [-0.15, -0.1) is 11.3 Å². The van der Waals surface area contributed by atoms with E-state index in [1.54, 1.807) is 10.4 Å². The summed E-state index contributed by atoms with van der Waals surface area (Å²) in [5.41, 5.74) is 1.69. The zero-order valence-electron chi connectivity index (χ0n) is 10.7. The minimum absolute atomic E-state index is 0.830. The molecule has 0 spiro atoms. The maximum atomic E-state index is 2.71. The van der Waals surface area contributed by atoms with Gasteiger partial charge in [0.1, 0.15) is 0 Å². The lowest BCUT2D eigenvalue weighted by Crippen LogP contribution is -2.33. The van der Waals surface area contributed by atoms with Crippen molar-refractivity contribution < 1.29 is 0 Å². The molecule has 2 heterocycles. The summed E-state index contributed by atoms with van der Waals surface area (Å²) in [5, 5.41) is 2.30. The first-order valence-corrected chi connectivity index (χ1v) is 8.10. The molecule has 1 fully saturated rings. The van der Waals surface area contributed by atoms with Gasteiger partial charge in [0.15, 0.2) is 0 Å². The second kappa shape index (κ2) is 5.53. The third kappa shape index (κ3) is 2.74. The van der Waals surface area contributed by atoms with Gasteiger partial charge < -0.3 is 4.90 Å². The van der Waals surface area contributed by atoms with Gasteiger partial charge in [0.05, 0.1) is 0 Å². The van der Waals surface area contributed by atoms with E-state index in [2.05, 4.69) is 16.3 Å². The third-order valence-corrected chi connectivity index (χ3v) is 5.35. The van der Waals surface area contributed by atoms with Crippen molar-refractivity contribution in [1.29, 1.82) is 0 Å². The van der Waals surface area contributed by atoms with Crippen molar-refractivity contribution >= 4 is 11.3 Å². The van der Waals surface area contributed by atoms with Crippen molar-refractivity contribution in [3.8, 4) is 0 Å². The second-order valence-corrected chi connectivity index (χ2v) is 6.60. The van der Waals surface area contributed by atoms with Crippen LogP contribution in [0.2, 0.25) is 0 Å². The minimum Gasteiger partial charge on any atom is -0.303 e. The first-order chi connectivity index (χ1) is 8.43. The van der Waals surface area contributed by atoms with E-state index in [4.69, 9.17) is 0 Å². The highest BCUT2D eigenvalue weighted by molar-refractivity contribution is 7.10. The fourth-order valence-electron chi connectivity index (χ4n) is 3.39. The van der Waals surface area contributed by atoms with Crippen LogP contribution in [0.3, 0.4) is 0 Å². The Bertz CT molecular complexity index is 352. The number of hydrogen-bond donors (Lipinski definition) is 0. The number of rotatable bonds is 2. The summed E-state index contributed by atoms with van der Waals surface area (Å²) in [7, 11) is 0. The lowest BCUT2D eigenvalue weighted by Gasteiger charge is -2.30. The van der Waals surface area contributed by atoms with Gasteiger partial charge in [-0.2, -0.15) is 0 Å². The molecule has 0 N–H and O–H groups in total. The zero-order valence-corrected chi connectivity index (χ0v) is 11.5. The van der Waals surface area contributed by atoms with Crippen molar-refractivity contribution in [2.24, 2.45) is 0 Å². The van der Waals surface area contributed by atoms with Crippen molar-refractivity contribution in [3.63, 3.8) is 0 Å². The van der Waals surface area contributed by atoms with Crippen LogP contribution in [0.4, 0.5) is 0 Å². The maximum absolute atomic E-state index is 2.71. The number of likely N-dealkylation sites (tertiary alicyclic amines) is 1. The quantitative estimate of drug-likeness (QED) is 0.715. The van der Waals surface area contributed by atoms with Crippen LogP contribution in [0.5, 0.6) is 0 Å². The average Bonchev–Trinajstić information content (AvgIpc) is 2.75. The standard InChI is InChI=1S/C15H23NS/c1-4-9-16(10-5-1)12-13-6-2-3-7-15-14(13)8-11-17-15/h8,11,13H,1-7,9-10,12H2. The highest BCUT2D eigenvalue weighted by Gasteiger charge is 2.22. The summed E-state index contributed by atoms with van der Waals surface area (Å²) in [4.78, 5) is 4.39. The fourth-order valence-corrected chi connectivity index (χ4v) is 4.40. The Morgan fingerprint density at radius 3 is 2.88 bits per heavy atom. The molecule has 3 rings (SSSR count). The molecule has 0 saturated carbocycles. The van der Waals surface area contributed by atoms with Gasteiger partial charge in [-0.25, -0.2) is 0 Å². The predicted octanol–water partition coefficient (Wildman–Crippen LogP) is 4.04. The van der Waals surface area contributed by atoms with Gasteiger partial charge in [0.25, 0.3) is 0 Å². The molecule has 0 amide bonds. The normalized spacial score (nSPS) is 26.5. The summed E-state index contributed by atoms with van der Waals surface area (Å²) >= 11 is 1.99. The predicted molar refractivity (Wildman–Crippen MR) is 74.9 cm³/mol. The number of aryl methyl sites for hydroxylation is 1. The van der Waals surface area contributed by atoms with E-state index in [1.165, 1.54) is 64.6 Å². The van der Waals surface area contributed by atoms with Crippen LogP contribution in [0.1, 0.15) is 54.9 Å². The number of fused-ring (bicyclic) bond motifs is 1. The molecule has 0 radical (unpaired) electrons. The zero-order chi connectivity index (χ0) is 11.5. The molecule has 1 atom stereocenters. The molecule has 1 aromatic heterocycles. The SMILES string of the molecule is c1cc2c(s1)CCCCC2CN1CCCCC1. The number of piperidine rings is 1. The molecule has 0 bridgehead atoms. The Kier molecular flexibility index (Phi) is 3.82. The smallest absolute Gasteiger partial charge is 0.00805 e. The Morgan fingerprint density at radius 2 is 2.00 bits per heavy atom. The van der Waals surface area contributed by atoms with Gasteiger partial charge in [0, 0.05) is 11.4 Å². The first kappa shape index (κ1) is 11.7. The monoisotopic (exact) mass is 249 g/mol. The van der Waals surface area contributed by atoms with E-state index in [1.807, 2.05) is 11.3 Å². The molecule has 1 nitrogen and oxygen atoms in total. The van der Waals surface area contributed by atoms with Crippen LogP contribution in [0.25, 0.3) is 0 Å².